The normalized spacial score (nSPS) is 12.1. The molecule has 3 N–H and O–H groups in total. The van der Waals surface area contributed by atoms with Gasteiger partial charge in [-0.15, -0.1) is 11.3 Å². The third kappa shape index (κ3) is 9.04. The van der Waals surface area contributed by atoms with Crippen LogP contribution in [0.3, 0.4) is 0 Å². The lowest BCUT2D eigenvalue weighted by Gasteiger charge is -2.15. The number of nitrogens with zero attached hydrogens (tertiary/aromatic N) is 1. The van der Waals surface area contributed by atoms with E-state index >= 15 is 0 Å². The van der Waals surface area contributed by atoms with E-state index in [4.69, 9.17) is 5.73 Å². The molecule has 0 amide bonds. The summed E-state index contributed by atoms with van der Waals surface area (Å²) in [6, 6.07) is 16.4. The first-order valence-corrected chi connectivity index (χ1v) is 12.8. The zero-order valence-electron chi connectivity index (χ0n) is 21.0. The van der Waals surface area contributed by atoms with Gasteiger partial charge in [0.05, 0.1) is 12.1 Å². The Morgan fingerprint density at radius 3 is 2.28 bits per heavy atom. The van der Waals surface area contributed by atoms with Gasteiger partial charge in [0, 0.05) is 21.8 Å². The predicted molar refractivity (Wildman–Crippen MR) is 148 cm³/mol. The second kappa shape index (κ2) is 14.3. The van der Waals surface area contributed by atoms with Crippen LogP contribution in [0.15, 0.2) is 89.4 Å². The highest BCUT2D eigenvalue weighted by Crippen LogP contribution is 2.32. The number of hydrogen-bond donors (Lipinski definition) is 2. The van der Waals surface area contributed by atoms with E-state index < -0.39 is 11.7 Å². The number of alkyl halides is 3. The van der Waals surface area contributed by atoms with Gasteiger partial charge >= 0.3 is 6.18 Å². The lowest BCUT2D eigenvalue weighted by molar-refractivity contribution is -0.138. The number of hydrogen-bond acceptors (Lipinski definition) is 3. The summed E-state index contributed by atoms with van der Waals surface area (Å²) in [5, 5.41) is 5.10. The number of nitrogens with one attached hydrogen (secondary N) is 1. The van der Waals surface area contributed by atoms with Crippen molar-refractivity contribution in [3.8, 4) is 0 Å². The Kier molecular flexibility index (Phi) is 11.5. The van der Waals surface area contributed by atoms with Crippen LogP contribution in [0.1, 0.15) is 61.6 Å². The van der Waals surface area contributed by atoms with Crippen molar-refractivity contribution in [1.29, 1.82) is 0 Å². The summed E-state index contributed by atoms with van der Waals surface area (Å²) in [6.07, 6.45) is 1.49. The van der Waals surface area contributed by atoms with E-state index in [1.165, 1.54) is 31.4 Å². The smallest absolute Gasteiger partial charge is 0.398 e. The Labute approximate surface area is 216 Å². The predicted octanol–water partition coefficient (Wildman–Crippen LogP) is 8.70. The van der Waals surface area contributed by atoms with E-state index in [9.17, 15) is 13.2 Å². The fraction of sp³-hybridized carbons (Fsp3) is 0.276. The summed E-state index contributed by atoms with van der Waals surface area (Å²) >= 11 is 1.61. The fourth-order valence-electron chi connectivity index (χ4n) is 3.38. The molecule has 192 valence electrons. The highest BCUT2D eigenvalue weighted by Gasteiger charge is 2.32. The van der Waals surface area contributed by atoms with Crippen LogP contribution in [0.25, 0.3) is 5.57 Å². The van der Waals surface area contributed by atoms with Crippen LogP contribution in [0.4, 0.5) is 18.9 Å². The third-order valence-corrected chi connectivity index (χ3v) is 6.24. The number of aliphatic imine (C=N–C) groups is 1. The monoisotopic (exact) mass is 513 g/mol. The molecule has 0 atom stereocenters. The van der Waals surface area contributed by atoms with Gasteiger partial charge in [-0.1, -0.05) is 76.1 Å². The highest BCUT2D eigenvalue weighted by atomic mass is 32.1. The van der Waals surface area contributed by atoms with Crippen LogP contribution in [0.2, 0.25) is 0 Å². The van der Waals surface area contributed by atoms with Crippen molar-refractivity contribution < 1.29 is 13.2 Å². The molecule has 2 aromatic carbocycles. The standard InChI is InChI=1S/C24H22F3N3S.C5H12/c1-16(22-12-7-13-31-22)14-17(2)30-23(19-9-4-6-11-21(19)28)29-15-18-8-3-5-10-20(18)24(25,26)27;1-3-5-4-2/h3-14H,2,15,28H2,1H3,(H,29,30);3-5H2,1-2H3/b16-14+;. The summed E-state index contributed by atoms with van der Waals surface area (Å²) in [5.41, 5.74) is 8.10. The number of anilines is 1. The van der Waals surface area contributed by atoms with E-state index in [-0.39, 0.29) is 12.1 Å². The Hall–Kier alpha value is -3.32. The molecular formula is C29H34F3N3S. The molecule has 0 aliphatic rings. The quantitative estimate of drug-likeness (QED) is 0.137. The van der Waals surface area contributed by atoms with E-state index in [0.717, 1.165) is 16.5 Å². The van der Waals surface area contributed by atoms with Crippen molar-refractivity contribution in [3.05, 3.63) is 106 Å². The SMILES string of the molecule is C=C(/C=C(\C)c1cccs1)NC(=NCc1ccccc1C(F)(F)F)c1ccccc1N.CCCCC. The van der Waals surface area contributed by atoms with E-state index in [0.29, 0.717) is 22.8 Å². The van der Waals surface area contributed by atoms with Crippen molar-refractivity contribution in [3.63, 3.8) is 0 Å². The molecule has 3 aromatic rings. The zero-order valence-corrected chi connectivity index (χ0v) is 21.8. The number of para-hydroxylation sites is 1. The molecule has 0 aliphatic carbocycles. The van der Waals surface area contributed by atoms with Crippen molar-refractivity contribution >= 4 is 28.4 Å². The number of allylic oxidation sites excluding steroid dienone is 2. The molecule has 0 saturated carbocycles. The molecular weight excluding hydrogens is 479 g/mol. The fourth-order valence-corrected chi connectivity index (χ4v) is 4.09. The maximum Gasteiger partial charge on any atom is 0.416 e. The average molecular weight is 514 g/mol. The molecule has 0 saturated heterocycles. The molecule has 36 heavy (non-hydrogen) atoms. The van der Waals surface area contributed by atoms with Gasteiger partial charge in [0.25, 0.3) is 0 Å². The van der Waals surface area contributed by atoms with Gasteiger partial charge in [-0.25, -0.2) is 0 Å². The number of rotatable bonds is 8. The maximum absolute atomic E-state index is 13.3. The Morgan fingerprint density at radius 1 is 1.03 bits per heavy atom. The second-order valence-corrected chi connectivity index (χ2v) is 9.16. The van der Waals surface area contributed by atoms with Gasteiger partial charge in [0.2, 0.25) is 0 Å². The summed E-state index contributed by atoms with van der Waals surface area (Å²) in [7, 11) is 0. The maximum atomic E-state index is 13.3. The van der Waals surface area contributed by atoms with Gasteiger partial charge in [0.1, 0.15) is 5.84 Å². The largest absolute Gasteiger partial charge is 0.416 e. The van der Waals surface area contributed by atoms with Crippen molar-refractivity contribution in [2.24, 2.45) is 4.99 Å². The minimum atomic E-state index is -4.45. The number of benzene rings is 2. The lowest BCUT2D eigenvalue weighted by Crippen LogP contribution is -2.24. The van der Waals surface area contributed by atoms with Gasteiger partial charge in [-0.05, 0) is 53.8 Å². The summed E-state index contributed by atoms with van der Waals surface area (Å²) in [6.45, 7) is 10.3. The summed E-state index contributed by atoms with van der Waals surface area (Å²) in [4.78, 5) is 5.54. The molecule has 1 heterocycles. The van der Waals surface area contributed by atoms with Crippen LogP contribution < -0.4 is 11.1 Å². The summed E-state index contributed by atoms with van der Waals surface area (Å²) < 4.78 is 40.0. The molecule has 0 bridgehead atoms. The van der Waals surface area contributed by atoms with Crippen molar-refractivity contribution in [1.82, 2.24) is 5.32 Å². The first kappa shape index (κ1) is 28.9. The first-order chi connectivity index (χ1) is 17.2. The van der Waals surface area contributed by atoms with Crippen LogP contribution >= 0.6 is 11.3 Å². The molecule has 0 unspecified atom stereocenters. The van der Waals surface area contributed by atoms with E-state index in [2.05, 4.69) is 30.7 Å². The summed E-state index contributed by atoms with van der Waals surface area (Å²) in [5.74, 6) is 0.357. The molecule has 0 fully saturated rings. The number of nitrogens with two attached hydrogens (primary N) is 1. The average Bonchev–Trinajstić information content (AvgIpc) is 3.38. The molecule has 0 aliphatic heterocycles. The third-order valence-electron chi connectivity index (χ3n) is 5.23. The molecule has 1 aromatic heterocycles. The number of unbranched alkanes of at least 4 members (excludes halogenated alkanes) is 2. The van der Waals surface area contributed by atoms with E-state index in [1.807, 2.05) is 30.5 Å². The van der Waals surface area contributed by atoms with Gasteiger partial charge in [-0.2, -0.15) is 13.2 Å². The minimum Gasteiger partial charge on any atom is -0.398 e. The van der Waals surface area contributed by atoms with Gasteiger partial charge < -0.3 is 11.1 Å². The van der Waals surface area contributed by atoms with Gasteiger partial charge in [-0.3, -0.25) is 4.99 Å². The molecule has 0 radical (unpaired) electrons. The van der Waals surface area contributed by atoms with Crippen LogP contribution in [-0.4, -0.2) is 5.84 Å². The molecule has 3 nitrogen and oxygen atoms in total. The van der Waals surface area contributed by atoms with Gasteiger partial charge in [0.15, 0.2) is 0 Å². The van der Waals surface area contributed by atoms with Crippen molar-refractivity contribution in [2.75, 3.05) is 5.73 Å². The number of amidine groups is 1. The first-order valence-electron chi connectivity index (χ1n) is 11.9. The Bertz CT molecular complexity index is 1160. The lowest BCUT2D eigenvalue weighted by atomic mass is 10.1. The van der Waals surface area contributed by atoms with Crippen LogP contribution in [-0.2, 0) is 12.7 Å². The number of nitrogen functional groups attached to an aromatic ring is 1. The Balaban J connectivity index is 0.000000830. The van der Waals surface area contributed by atoms with Crippen molar-refractivity contribution in [2.45, 2.75) is 52.8 Å². The number of halogens is 3. The highest BCUT2D eigenvalue weighted by molar-refractivity contribution is 7.11. The second-order valence-electron chi connectivity index (χ2n) is 8.22. The topological polar surface area (TPSA) is 50.4 Å². The minimum absolute atomic E-state index is 0.0831. The molecule has 7 heteroatoms. The number of thiophene rings is 1. The van der Waals surface area contributed by atoms with E-state index in [1.54, 1.807) is 41.7 Å². The van der Waals surface area contributed by atoms with Crippen LogP contribution in [0.5, 0.6) is 0 Å². The van der Waals surface area contributed by atoms with Crippen LogP contribution in [0, 0.1) is 0 Å². The Morgan fingerprint density at radius 2 is 1.69 bits per heavy atom. The zero-order chi connectivity index (χ0) is 26.6. The molecule has 0 spiro atoms. The molecule has 3 rings (SSSR count).